The lowest BCUT2D eigenvalue weighted by Gasteiger charge is -2.38. The molecule has 1 saturated carbocycles. The van der Waals surface area contributed by atoms with Gasteiger partial charge < -0.3 is 20.3 Å². The zero-order valence-corrected chi connectivity index (χ0v) is 12.2. The molecule has 2 rings (SSSR count). The SMILES string of the molecule is CN(C(N)=NC1CN(C(=O)OC(C)(C)C)C1)C1CC1. The fourth-order valence-electron chi connectivity index (χ4n) is 1.94. The summed E-state index contributed by atoms with van der Waals surface area (Å²) in [4.78, 5) is 19.9. The molecule has 2 fully saturated rings. The Morgan fingerprint density at radius 1 is 1.37 bits per heavy atom. The van der Waals surface area contributed by atoms with Crippen molar-refractivity contribution in [2.45, 2.75) is 51.3 Å². The highest BCUT2D eigenvalue weighted by Crippen LogP contribution is 2.25. The highest BCUT2D eigenvalue weighted by Gasteiger charge is 2.34. The fraction of sp³-hybridized carbons (Fsp3) is 0.846. The molecule has 0 aromatic heterocycles. The van der Waals surface area contributed by atoms with E-state index in [-0.39, 0.29) is 12.1 Å². The summed E-state index contributed by atoms with van der Waals surface area (Å²) in [6.07, 6.45) is 2.12. The molecule has 1 aliphatic heterocycles. The second-order valence-corrected chi connectivity index (χ2v) is 6.37. The number of nitrogens with two attached hydrogens (primary N) is 1. The quantitative estimate of drug-likeness (QED) is 0.599. The van der Waals surface area contributed by atoms with Crippen molar-refractivity contribution in [3.05, 3.63) is 0 Å². The largest absolute Gasteiger partial charge is 0.444 e. The van der Waals surface area contributed by atoms with Gasteiger partial charge in [0.05, 0.1) is 6.04 Å². The van der Waals surface area contributed by atoms with E-state index in [0.717, 1.165) is 0 Å². The van der Waals surface area contributed by atoms with Gasteiger partial charge >= 0.3 is 6.09 Å². The standard InChI is InChI=1S/C13H24N4O2/c1-13(2,3)19-12(18)17-7-9(8-17)15-11(14)16(4)10-5-6-10/h9-10H,5-8H2,1-4H3,(H2,14,15). The third-order valence-electron chi connectivity index (χ3n) is 3.28. The van der Waals surface area contributed by atoms with Crippen LogP contribution >= 0.6 is 0 Å². The van der Waals surface area contributed by atoms with E-state index in [1.807, 2.05) is 32.7 Å². The van der Waals surface area contributed by atoms with E-state index in [9.17, 15) is 4.79 Å². The number of hydrogen-bond donors (Lipinski definition) is 1. The summed E-state index contributed by atoms with van der Waals surface area (Å²) in [5.74, 6) is 0.580. The summed E-state index contributed by atoms with van der Waals surface area (Å²) >= 11 is 0. The molecule has 0 aromatic carbocycles. The molecule has 0 atom stereocenters. The molecule has 1 aliphatic carbocycles. The van der Waals surface area contributed by atoms with Crippen LogP contribution in [0.2, 0.25) is 0 Å². The van der Waals surface area contributed by atoms with Gasteiger partial charge in [-0.3, -0.25) is 0 Å². The van der Waals surface area contributed by atoms with Gasteiger partial charge in [0.2, 0.25) is 0 Å². The zero-order valence-electron chi connectivity index (χ0n) is 12.2. The topological polar surface area (TPSA) is 71.2 Å². The van der Waals surface area contributed by atoms with E-state index >= 15 is 0 Å². The van der Waals surface area contributed by atoms with Crippen molar-refractivity contribution in [3.8, 4) is 0 Å². The van der Waals surface area contributed by atoms with E-state index in [4.69, 9.17) is 10.5 Å². The molecule has 0 aromatic rings. The molecule has 0 bridgehead atoms. The van der Waals surface area contributed by atoms with Crippen LogP contribution in [0, 0.1) is 0 Å². The fourth-order valence-corrected chi connectivity index (χ4v) is 1.94. The van der Waals surface area contributed by atoms with Crippen LogP contribution in [0.4, 0.5) is 4.79 Å². The van der Waals surface area contributed by atoms with Gasteiger partial charge in [-0.05, 0) is 33.6 Å². The lowest BCUT2D eigenvalue weighted by Crippen LogP contribution is -2.55. The minimum absolute atomic E-state index is 0.105. The molecular formula is C13H24N4O2. The monoisotopic (exact) mass is 268 g/mol. The number of nitrogens with zero attached hydrogens (tertiary/aromatic N) is 3. The molecule has 0 radical (unpaired) electrons. The van der Waals surface area contributed by atoms with Crippen LogP contribution in [0.1, 0.15) is 33.6 Å². The number of aliphatic imine (C=N–C) groups is 1. The van der Waals surface area contributed by atoms with E-state index in [1.165, 1.54) is 12.8 Å². The summed E-state index contributed by atoms with van der Waals surface area (Å²) in [5.41, 5.74) is 5.49. The second kappa shape index (κ2) is 4.90. The van der Waals surface area contributed by atoms with Gasteiger partial charge in [0, 0.05) is 26.2 Å². The Kier molecular flexibility index (Phi) is 3.60. The molecule has 0 unspecified atom stereocenters. The number of carbonyl (C=O) groups is 1. The van der Waals surface area contributed by atoms with Crippen LogP contribution < -0.4 is 5.73 Å². The number of rotatable bonds is 2. The smallest absolute Gasteiger partial charge is 0.410 e. The van der Waals surface area contributed by atoms with Gasteiger partial charge in [-0.1, -0.05) is 0 Å². The van der Waals surface area contributed by atoms with E-state index < -0.39 is 5.60 Å². The predicted molar refractivity (Wildman–Crippen MR) is 74.0 cm³/mol. The number of ether oxygens (including phenoxy) is 1. The highest BCUT2D eigenvalue weighted by molar-refractivity contribution is 5.79. The maximum absolute atomic E-state index is 11.7. The van der Waals surface area contributed by atoms with Gasteiger partial charge in [-0.25, -0.2) is 9.79 Å². The van der Waals surface area contributed by atoms with Crippen molar-refractivity contribution in [2.24, 2.45) is 10.7 Å². The lowest BCUT2D eigenvalue weighted by molar-refractivity contribution is 0.00895. The van der Waals surface area contributed by atoms with Crippen molar-refractivity contribution in [1.29, 1.82) is 0 Å². The third-order valence-corrected chi connectivity index (χ3v) is 3.28. The molecule has 1 amide bonds. The Labute approximate surface area is 114 Å². The van der Waals surface area contributed by atoms with E-state index in [0.29, 0.717) is 25.1 Å². The summed E-state index contributed by atoms with van der Waals surface area (Å²) in [6, 6.07) is 0.666. The van der Waals surface area contributed by atoms with Gasteiger partial charge in [-0.15, -0.1) is 0 Å². The molecular weight excluding hydrogens is 244 g/mol. The van der Waals surface area contributed by atoms with Gasteiger partial charge in [0.15, 0.2) is 5.96 Å². The Morgan fingerprint density at radius 3 is 2.42 bits per heavy atom. The van der Waals surface area contributed by atoms with E-state index in [1.54, 1.807) is 4.90 Å². The molecule has 2 N–H and O–H groups in total. The number of carbonyl (C=O) groups excluding carboxylic acids is 1. The summed E-state index contributed by atoms with van der Waals surface area (Å²) in [6.45, 7) is 6.77. The Morgan fingerprint density at radius 2 is 1.95 bits per heavy atom. The first-order valence-corrected chi connectivity index (χ1v) is 6.80. The maximum Gasteiger partial charge on any atom is 0.410 e. The molecule has 6 nitrogen and oxygen atoms in total. The summed E-state index contributed by atoms with van der Waals surface area (Å²) in [7, 11) is 1.97. The summed E-state index contributed by atoms with van der Waals surface area (Å²) in [5, 5.41) is 0. The molecule has 1 heterocycles. The zero-order chi connectivity index (χ0) is 14.2. The third kappa shape index (κ3) is 3.75. The second-order valence-electron chi connectivity index (χ2n) is 6.37. The highest BCUT2D eigenvalue weighted by atomic mass is 16.6. The molecule has 0 spiro atoms. The van der Waals surface area contributed by atoms with Crippen LogP contribution in [0.25, 0.3) is 0 Å². The molecule has 108 valence electrons. The molecule has 19 heavy (non-hydrogen) atoms. The minimum atomic E-state index is -0.448. The number of guanidine groups is 1. The molecule has 2 aliphatic rings. The van der Waals surface area contributed by atoms with Crippen molar-refractivity contribution in [3.63, 3.8) is 0 Å². The average molecular weight is 268 g/mol. The number of likely N-dealkylation sites (tertiary alicyclic amines) is 1. The van der Waals surface area contributed by atoms with Crippen LogP contribution in [0.15, 0.2) is 4.99 Å². The first kappa shape index (κ1) is 14.0. The average Bonchev–Trinajstić information content (AvgIpc) is 3.01. The van der Waals surface area contributed by atoms with Gasteiger partial charge in [0.1, 0.15) is 5.60 Å². The Hall–Kier alpha value is -1.46. The predicted octanol–water partition coefficient (Wildman–Crippen LogP) is 1.01. The molecule has 1 saturated heterocycles. The normalized spacial score (nSPS) is 21.1. The first-order valence-electron chi connectivity index (χ1n) is 6.80. The van der Waals surface area contributed by atoms with Crippen LogP contribution in [-0.2, 0) is 4.74 Å². The van der Waals surface area contributed by atoms with Crippen molar-refractivity contribution >= 4 is 12.1 Å². The number of hydrogen-bond acceptors (Lipinski definition) is 3. The molecule has 6 heteroatoms. The lowest BCUT2D eigenvalue weighted by atomic mass is 10.1. The van der Waals surface area contributed by atoms with Crippen LogP contribution in [-0.4, -0.2) is 59.7 Å². The van der Waals surface area contributed by atoms with Crippen LogP contribution in [0.3, 0.4) is 0 Å². The Balaban J connectivity index is 1.76. The van der Waals surface area contributed by atoms with Crippen LogP contribution in [0.5, 0.6) is 0 Å². The Bertz CT molecular complexity index is 379. The van der Waals surface area contributed by atoms with Gasteiger partial charge in [-0.2, -0.15) is 0 Å². The summed E-state index contributed by atoms with van der Waals surface area (Å²) < 4.78 is 5.29. The van der Waals surface area contributed by atoms with Crippen molar-refractivity contribution < 1.29 is 9.53 Å². The maximum atomic E-state index is 11.7. The van der Waals surface area contributed by atoms with Crippen molar-refractivity contribution in [1.82, 2.24) is 9.80 Å². The minimum Gasteiger partial charge on any atom is -0.444 e. The van der Waals surface area contributed by atoms with Crippen molar-refractivity contribution in [2.75, 3.05) is 20.1 Å². The number of amides is 1. The van der Waals surface area contributed by atoms with Gasteiger partial charge in [0.25, 0.3) is 0 Å². The first-order chi connectivity index (χ1) is 8.76. The van der Waals surface area contributed by atoms with E-state index in [2.05, 4.69) is 4.99 Å².